The standard InChI is InChI=1S/C20H36N4O3/c1-5-17(6-2)19-12-18(27-23-19)13-22-20(21-7-3)24-9-8-16(14-24)15-26-11-10-25-4/h12,16-17H,5-11,13-15H2,1-4H3,(H,21,22). The van der Waals surface area contributed by atoms with Crippen LogP contribution in [0.4, 0.5) is 0 Å². The predicted octanol–water partition coefficient (Wildman–Crippen LogP) is 3.03. The number of hydrogen-bond donors (Lipinski definition) is 1. The van der Waals surface area contributed by atoms with Crippen LogP contribution in [0.15, 0.2) is 15.6 Å². The van der Waals surface area contributed by atoms with Gasteiger partial charge < -0.3 is 24.2 Å². The lowest BCUT2D eigenvalue weighted by Gasteiger charge is -2.21. The number of aromatic nitrogens is 1. The van der Waals surface area contributed by atoms with Crippen LogP contribution in [0.2, 0.25) is 0 Å². The van der Waals surface area contributed by atoms with Crippen molar-refractivity contribution < 1.29 is 14.0 Å². The maximum absolute atomic E-state index is 5.69. The topological polar surface area (TPSA) is 72.1 Å². The number of ether oxygens (including phenoxy) is 2. The number of methoxy groups -OCH3 is 1. The van der Waals surface area contributed by atoms with Crippen molar-refractivity contribution in [1.29, 1.82) is 0 Å². The summed E-state index contributed by atoms with van der Waals surface area (Å²) in [5.41, 5.74) is 1.05. The number of rotatable bonds is 11. The van der Waals surface area contributed by atoms with Crippen molar-refractivity contribution in [3.63, 3.8) is 0 Å². The van der Waals surface area contributed by atoms with E-state index in [1.807, 2.05) is 0 Å². The lowest BCUT2D eigenvalue weighted by Crippen LogP contribution is -2.40. The van der Waals surface area contributed by atoms with Gasteiger partial charge in [0.15, 0.2) is 11.7 Å². The summed E-state index contributed by atoms with van der Waals surface area (Å²) in [7, 11) is 1.70. The third-order valence-corrected chi connectivity index (χ3v) is 5.07. The molecule has 0 amide bonds. The summed E-state index contributed by atoms with van der Waals surface area (Å²) in [4.78, 5) is 7.08. The predicted molar refractivity (Wildman–Crippen MR) is 107 cm³/mol. The number of guanidine groups is 1. The van der Waals surface area contributed by atoms with Gasteiger partial charge in [-0.05, 0) is 26.2 Å². The molecule has 1 saturated heterocycles. The molecule has 7 heteroatoms. The van der Waals surface area contributed by atoms with Gasteiger partial charge in [0.05, 0.1) is 25.5 Å². The Morgan fingerprint density at radius 1 is 1.37 bits per heavy atom. The average molecular weight is 381 g/mol. The van der Waals surface area contributed by atoms with Gasteiger partial charge >= 0.3 is 0 Å². The number of nitrogens with one attached hydrogen (secondary N) is 1. The first kappa shape index (κ1) is 21.7. The van der Waals surface area contributed by atoms with Crippen LogP contribution >= 0.6 is 0 Å². The van der Waals surface area contributed by atoms with Gasteiger partial charge in [0.1, 0.15) is 6.54 Å². The minimum absolute atomic E-state index is 0.470. The zero-order valence-corrected chi connectivity index (χ0v) is 17.4. The Morgan fingerprint density at radius 2 is 2.19 bits per heavy atom. The molecule has 1 aromatic rings. The van der Waals surface area contributed by atoms with Gasteiger partial charge in [0, 0.05) is 44.6 Å². The molecule has 1 atom stereocenters. The molecule has 27 heavy (non-hydrogen) atoms. The third-order valence-electron chi connectivity index (χ3n) is 5.07. The van der Waals surface area contributed by atoms with Crippen molar-refractivity contribution in [1.82, 2.24) is 15.4 Å². The van der Waals surface area contributed by atoms with E-state index in [0.29, 0.717) is 31.6 Å². The molecule has 0 saturated carbocycles. The van der Waals surface area contributed by atoms with E-state index in [9.17, 15) is 0 Å². The van der Waals surface area contributed by atoms with Crippen LogP contribution in [0, 0.1) is 5.92 Å². The molecule has 1 aromatic heterocycles. The second-order valence-electron chi connectivity index (χ2n) is 7.07. The largest absolute Gasteiger partial charge is 0.382 e. The Morgan fingerprint density at radius 3 is 2.89 bits per heavy atom. The summed E-state index contributed by atoms with van der Waals surface area (Å²) >= 11 is 0. The highest BCUT2D eigenvalue weighted by Gasteiger charge is 2.25. The quantitative estimate of drug-likeness (QED) is 0.361. The fraction of sp³-hybridized carbons (Fsp3) is 0.800. The van der Waals surface area contributed by atoms with E-state index in [2.05, 4.69) is 42.2 Å². The van der Waals surface area contributed by atoms with E-state index in [1.54, 1.807) is 7.11 Å². The smallest absolute Gasteiger partial charge is 0.194 e. The van der Waals surface area contributed by atoms with Gasteiger partial charge in [-0.1, -0.05) is 19.0 Å². The first-order valence-corrected chi connectivity index (χ1v) is 10.3. The van der Waals surface area contributed by atoms with Crippen molar-refractivity contribution in [2.45, 2.75) is 52.5 Å². The number of aliphatic imine (C=N–C) groups is 1. The Labute approximate surface area is 163 Å². The molecule has 0 aliphatic carbocycles. The lowest BCUT2D eigenvalue weighted by atomic mass is 9.99. The summed E-state index contributed by atoms with van der Waals surface area (Å²) < 4.78 is 16.2. The molecule has 0 radical (unpaired) electrons. The second-order valence-corrected chi connectivity index (χ2v) is 7.07. The molecule has 1 aliphatic rings. The highest BCUT2D eigenvalue weighted by Crippen LogP contribution is 2.23. The number of nitrogens with zero attached hydrogens (tertiary/aromatic N) is 3. The fourth-order valence-electron chi connectivity index (χ4n) is 3.43. The van der Waals surface area contributed by atoms with Gasteiger partial charge in [-0.2, -0.15) is 0 Å². The zero-order valence-electron chi connectivity index (χ0n) is 17.4. The first-order chi connectivity index (χ1) is 13.2. The molecule has 1 fully saturated rings. The van der Waals surface area contributed by atoms with Crippen LogP contribution in [0.1, 0.15) is 57.4 Å². The Kier molecular flexibility index (Phi) is 9.62. The van der Waals surface area contributed by atoms with E-state index < -0.39 is 0 Å². The second kappa shape index (κ2) is 12.0. The summed E-state index contributed by atoms with van der Waals surface area (Å²) in [6.45, 7) is 11.9. The summed E-state index contributed by atoms with van der Waals surface area (Å²) in [6, 6.07) is 2.06. The molecule has 1 N–H and O–H groups in total. The Hall–Kier alpha value is -1.60. The van der Waals surface area contributed by atoms with E-state index in [0.717, 1.165) is 62.9 Å². The van der Waals surface area contributed by atoms with Crippen LogP contribution in [-0.2, 0) is 16.0 Å². The van der Waals surface area contributed by atoms with Crippen molar-refractivity contribution in [2.24, 2.45) is 10.9 Å². The molecule has 0 bridgehead atoms. The lowest BCUT2D eigenvalue weighted by molar-refractivity contribution is 0.0536. The summed E-state index contributed by atoms with van der Waals surface area (Å²) in [5, 5.41) is 7.63. The molecule has 7 nitrogen and oxygen atoms in total. The molecule has 2 rings (SSSR count). The van der Waals surface area contributed by atoms with Gasteiger partial charge in [-0.25, -0.2) is 4.99 Å². The molecular formula is C20H36N4O3. The van der Waals surface area contributed by atoms with Gasteiger partial charge in [0.25, 0.3) is 0 Å². The number of likely N-dealkylation sites (tertiary alicyclic amines) is 1. The van der Waals surface area contributed by atoms with E-state index in [-0.39, 0.29) is 0 Å². The van der Waals surface area contributed by atoms with Gasteiger partial charge in [-0.3, -0.25) is 0 Å². The van der Waals surface area contributed by atoms with Crippen LogP contribution in [0.5, 0.6) is 0 Å². The molecule has 0 spiro atoms. The third kappa shape index (κ3) is 6.81. The van der Waals surface area contributed by atoms with Crippen molar-refractivity contribution >= 4 is 5.96 Å². The minimum atomic E-state index is 0.470. The molecule has 2 heterocycles. The van der Waals surface area contributed by atoms with E-state index >= 15 is 0 Å². The van der Waals surface area contributed by atoms with Gasteiger partial charge in [0.2, 0.25) is 0 Å². The normalized spacial score (nSPS) is 17.9. The van der Waals surface area contributed by atoms with Crippen LogP contribution in [0.25, 0.3) is 0 Å². The van der Waals surface area contributed by atoms with Gasteiger partial charge in [-0.15, -0.1) is 0 Å². The monoisotopic (exact) mass is 380 g/mol. The molecule has 1 aliphatic heterocycles. The zero-order chi connectivity index (χ0) is 19.5. The minimum Gasteiger partial charge on any atom is -0.382 e. The maximum Gasteiger partial charge on any atom is 0.194 e. The summed E-state index contributed by atoms with van der Waals surface area (Å²) in [5.74, 6) is 2.78. The van der Waals surface area contributed by atoms with Crippen LogP contribution in [0.3, 0.4) is 0 Å². The number of hydrogen-bond acceptors (Lipinski definition) is 5. The highest BCUT2D eigenvalue weighted by atomic mass is 16.5. The Balaban J connectivity index is 1.89. The van der Waals surface area contributed by atoms with Crippen LogP contribution < -0.4 is 5.32 Å². The van der Waals surface area contributed by atoms with Crippen molar-refractivity contribution in [3.8, 4) is 0 Å². The first-order valence-electron chi connectivity index (χ1n) is 10.3. The average Bonchev–Trinajstić information content (AvgIpc) is 3.33. The fourth-order valence-corrected chi connectivity index (χ4v) is 3.43. The molecule has 0 aromatic carbocycles. The molecule has 1 unspecified atom stereocenters. The maximum atomic E-state index is 5.69. The Bertz CT molecular complexity index is 557. The van der Waals surface area contributed by atoms with Crippen molar-refractivity contribution in [2.75, 3.05) is 46.6 Å². The van der Waals surface area contributed by atoms with Crippen LogP contribution in [-0.4, -0.2) is 62.6 Å². The van der Waals surface area contributed by atoms with Crippen molar-refractivity contribution in [3.05, 3.63) is 17.5 Å². The SMILES string of the molecule is CCNC(=NCc1cc(C(CC)CC)no1)N1CCC(COCCOC)C1. The van der Waals surface area contributed by atoms with E-state index in [1.165, 1.54) is 0 Å². The molecule has 154 valence electrons. The van der Waals surface area contributed by atoms with E-state index in [4.69, 9.17) is 19.0 Å². The summed E-state index contributed by atoms with van der Waals surface area (Å²) in [6.07, 6.45) is 3.28. The molecular weight excluding hydrogens is 344 g/mol. The highest BCUT2D eigenvalue weighted by molar-refractivity contribution is 5.80.